The van der Waals surface area contributed by atoms with Crippen molar-refractivity contribution in [2.75, 3.05) is 0 Å². The summed E-state index contributed by atoms with van der Waals surface area (Å²) >= 11 is 0. The minimum absolute atomic E-state index is 0.498. The third-order valence-corrected chi connectivity index (χ3v) is 2.48. The monoisotopic (exact) mass is 201 g/mol. The van der Waals surface area contributed by atoms with E-state index in [1.807, 2.05) is 31.3 Å². The zero-order valence-electron chi connectivity index (χ0n) is 10.0. The molecule has 0 fully saturated rings. The molecule has 0 bridgehead atoms. The second-order valence-corrected chi connectivity index (χ2v) is 4.07. The molecule has 1 heterocycles. The van der Waals surface area contributed by atoms with Crippen molar-refractivity contribution in [2.45, 2.75) is 33.6 Å². The van der Waals surface area contributed by atoms with Gasteiger partial charge in [-0.25, -0.2) is 0 Å². The molecule has 1 heteroatoms. The van der Waals surface area contributed by atoms with Crippen LogP contribution in [0, 0.1) is 6.92 Å². The van der Waals surface area contributed by atoms with Crippen LogP contribution in [0.3, 0.4) is 0 Å². The van der Waals surface area contributed by atoms with Crippen LogP contribution < -0.4 is 10.6 Å². The Morgan fingerprint density at radius 3 is 2.60 bits per heavy atom. The van der Waals surface area contributed by atoms with Crippen LogP contribution in [0.25, 0.3) is 12.7 Å². The van der Waals surface area contributed by atoms with Gasteiger partial charge >= 0.3 is 0 Å². The van der Waals surface area contributed by atoms with Crippen LogP contribution in [0.4, 0.5) is 0 Å². The number of aromatic nitrogens is 1. The molecule has 0 saturated heterocycles. The first-order valence-corrected chi connectivity index (χ1v) is 5.35. The minimum atomic E-state index is 0.498. The van der Waals surface area contributed by atoms with Gasteiger partial charge in [0.05, 0.1) is 5.35 Å². The Morgan fingerprint density at radius 1 is 1.40 bits per heavy atom. The maximum Gasteiger partial charge on any atom is 0.0698 e. The Hall–Kier alpha value is -1.37. The highest BCUT2D eigenvalue weighted by molar-refractivity contribution is 5.39. The number of allylic oxidation sites excluding steroid dienone is 2. The van der Waals surface area contributed by atoms with Gasteiger partial charge in [-0.1, -0.05) is 32.6 Å². The summed E-state index contributed by atoms with van der Waals surface area (Å²) in [5.74, 6) is 0.498. The second kappa shape index (κ2) is 4.92. The number of hydrogen-bond donors (Lipinski definition) is 0. The van der Waals surface area contributed by atoms with Gasteiger partial charge in [0.15, 0.2) is 0 Å². The molecule has 0 spiro atoms. The van der Waals surface area contributed by atoms with E-state index in [0.29, 0.717) is 5.92 Å². The highest BCUT2D eigenvalue weighted by atomic mass is 14.6. The molecule has 80 valence electrons. The summed E-state index contributed by atoms with van der Waals surface area (Å²) in [4.78, 5) is 4.39. The molecule has 0 atom stereocenters. The summed E-state index contributed by atoms with van der Waals surface area (Å²) in [6.45, 7) is 12.6. The smallest absolute Gasteiger partial charge is 0.0698 e. The third kappa shape index (κ3) is 2.56. The highest BCUT2D eigenvalue weighted by Crippen LogP contribution is 2.11. The number of nitrogens with zero attached hydrogens (tertiary/aromatic N) is 1. The Bertz CT molecular complexity index is 467. The van der Waals surface area contributed by atoms with Crippen molar-refractivity contribution in [3.8, 4) is 0 Å². The van der Waals surface area contributed by atoms with Gasteiger partial charge < -0.3 is 0 Å². The molecule has 1 aromatic heterocycles. The van der Waals surface area contributed by atoms with E-state index in [1.165, 1.54) is 11.1 Å². The summed E-state index contributed by atoms with van der Waals surface area (Å²) in [5.41, 5.74) is 2.55. The average molecular weight is 201 g/mol. The van der Waals surface area contributed by atoms with E-state index in [2.05, 4.69) is 32.3 Å². The van der Waals surface area contributed by atoms with E-state index >= 15 is 0 Å². The van der Waals surface area contributed by atoms with Crippen molar-refractivity contribution < 1.29 is 0 Å². The first kappa shape index (κ1) is 11.7. The molecule has 0 aromatic carbocycles. The van der Waals surface area contributed by atoms with Gasteiger partial charge in [0.2, 0.25) is 0 Å². The molecule has 0 aliphatic heterocycles. The van der Waals surface area contributed by atoms with Crippen molar-refractivity contribution in [1.29, 1.82) is 0 Å². The van der Waals surface area contributed by atoms with Crippen molar-refractivity contribution in [1.82, 2.24) is 4.98 Å². The van der Waals surface area contributed by atoms with Crippen LogP contribution in [0.15, 0.2) is 18.3 Å². The molecular formula is C14H19N. The quantitative estimate of drug-likeness (QED) is 0.715. The maximum absolute atomic E-state index is 4.39. The van der Waals surface area contributed by atoms with Crippen LogP contribution >= 0.6 is 0 Å². The first-order valence-electron chi connectivity index (χ1n) is 5.35. The zero-order valence-corrected chi connectivity index (χ0v) is 10.0. The van der Waals surface area contributed by atoms with Gasteiger partial charge in [0.25, 0.3) is 0 Å². The topological polar surface area (TPSA) is 12.9 Å². The lowest BCUT2D eigenvalue weighted by Gasteiger charge is -2.09. The molecule has 1 nitrogen and oxygen atoms in total. The van der Waals surface area contributed by atoms with Crippen LogP contribution in [-0.4, -0.2) is 4.98 Å². The first-order chi connectivity index (χ1) is 7.07. The summed E-state index contributed by atoms with van der Waals surface area (Å²) in [6, 6.07) is 0. The summed E-state index contributed by atoms with van der Waals surface area (Å²) in [5, 5.41) is 2.03. The SMILES string of the molecule is C=c1c(C(C)C)c(C)cn/c1=C/C=C\C. The highest BCUT2D eigenvalue weighted by Gasteiger charge is 2.04. The molecule has 0 radical (unpaired) electrons. The van der Waals surface area contributed by atoms with E-state index in [-0.39, 0.29) is 0 Å². The average Bonchev–Trinajstić information content (AvgIpc) is 2.16. The van der Waals surface area contributed by atoms with Crippen molar-refractivity contribution in [3.63, 3.8) is 0 Å². The standard InChI is InChI=1S/C14H19N/c1-6-7-8-13-12(5)14(10(2)3)11(4)9-15-13/h6-10H,5H2,1-4H3/b7-6-,13-8+. The molecular weight excluding hydrogens is 182 g/mol. The van der Waals surface area contributed by atoms with Crippen LogP contribution in [0.1, 0.15) is 37.8 Å². The summed E-state index contributed by atoms with van der Waals surface area (Å²) in [7, 11) is 0. The third-order valence-electron chi connectivity index (χ3n) is 2.48. The molecule has 1 rings (SSSR count). The molecule has 15 heavy (non-hydrogen) atoms. The molecule has 0 aliphatic carbocycles. The van der Waals surface area contributed by atoms with E-state index in [4.69, 9.17) is 0 Å². The van der Waals surface area contributed by atoms with Crippen molar-refractivity contribution in [3.05, 3.63) is 40.0 Å². The van der Waals surface area contributed by atoms with E-state index < -0.39 is 0 Å². The van der Waals surface area contributed by atoms with Crippen LogP contribution in [0.2, 0.25) is 0 Å². The molecule has 0 aliphatic rings. The largest absolute Gasteiger partial charge is 0.256 e. The lowest BCUT2D eigenvalue weighted by atomic mass is 9.98. The Balaban J connectivity index is 3.49. The van der Waals surface area contributed by atoms with E-state index in [9.17, 15) is 0 Å². The lowest BCUT2D eigenvalue weighted by Crippen LogP contribution is -2.31. The van der Waals surface area contributed by atoms with Crippen molar-refractivity contribution >= 4 is 12.7 Å². The molecule has 0 amide bonds. The van der Waals surface area contributed by atoms with E-state index in [1.54, 1.807) is 0 Å². The molecule has 1 aromatic rings. The second-order valence-electron chi connectivity index (χ2n) is 4.07. The minimum Gasteiger partial charge on any atom is -0.256 e. The zero-order chi connectivity index (χ0) is 11.4. The Morgan fingerprint density at radius 2 is 2.07 bits per heavy atom. The number of hydrogen-bond acceptors (Lipinski definition) is 1. The molecule has 0 unspecified atom stereocenters. The molecule has 0 saturated carbocycles. The van der Waals surface area contributed by atoms with E-state index in [0.717, 1.165) is 10.6 Å². The summed E-state index contributed by atoms with van der Waals surface area (Å²) in [6.07, 6.45) is 7.93. The van der Waals surface area contributed by atoms with Gasteiger partial charge in [0.1, 0.15) is 0 Å². The summed E-state index contributed by atoms with van der Waals surface area (Å²) < 4.78 is 0. The number of pyridine rings is 1. The number of aryl methyl sites for hydroxylation is 1. The van der Waals surface area contributed by atoms with Gasteiger partial charge in [-0.05, 0) is 42.2 Å². The van der Waals surface area contributed by atoms with Gasteiger partial charge in [-0.15, -0.1) is 0 Å². The predicted octanol–water partition coefficient (Wildman–Crippen LogP) is 2.28. The fourth-order valence-corrected chi connectivity index (χ4v) is 1.82. The maximum atomic E-state index is 4.39. The normalized spacial score (nSPS) is 13.0. The van der Waals surface area contributed by atoms with Gasteiger partial charge in [-0.3, -0.25) is 4.98 Å². The van der Waals surface area contributed by atoms with Gasteiger partial charge in [-0.2, -0.15) is 0 Å². The van der Waals surface area contributed by atoms with Crippen LogP contribution in [-0.2, 0) is 0 Å². The Labute approximate surface area is 91.9 Å². The van der Waals surface area contributed by atoms with Gasteiger partial charge in [0, 0.05) is 6.20 Å². The molecule has 0 N–H and O–H groups in total. The fraction of sp³-hybridized carbons (Fsp3) is 0.357. The van der Waals surface area contributed by atoms with Crippen molar-refractivity contribution in [2.24, 2.45) is 0 Å². The number of rotatable bonds is 2. The fourth-order valence-electron chi connectivity index (χ4n) is 1.82. The Kier molecular flexibility index (Phi) is 3.84. The van der Waals surface area contributed by atoms with Crippen LogP contribution in [0.5, 0.6) is 0 Å². The lowest BCUT2D eigenvalue weighted by molar-refractivity contribution is 0.839. The predicted molar refractivity (Wildman–Crippen MR) is 67.1 cm³/mol.